The number of benzene rings is 4. The number of esters is 2. The minimum Gasteiger partial charge on any atom is -0.494 e. The summed E-state index contributed by atoms with van der Waals surface area (Å²) >= 11 is 0. The van der Waals surface area contributed by atoms with E-state index in [0.29, 0.717) is 60.6 Å². The molecular weight excluding hydrogens is 616 g/mol. The Hall–Kier alpha value is -5.06. The number of carbonyl (C=O) groups excluding carboxylic acids is 2. The fourth-order valence-electron chi connectivity index (χ4n) is 4.56. The standard InChI is InChI=1S/C38H38O10/c39-37(27-5-9-31(10-6-27)43-23-35-25-45-35)47-33-17-13-29(14-18-33)41-21-3-1-2-4-22-42-30-15-19-34(20-16-30)48-38(40)28-7-11-32(12-8-28)44-24-36-26-46-36/h5-20,35-36H,1-4,21-26H2. The van der Waals surface area contributed by atoms with Crippen LogP contribution in [0.2, 0.25) is 0 Å². The Bertz CT molecular complexity index is 1470. The van der Waals surface area contributed by atoms with Crippen molar-refractivity contribution in [3.05, 3.63) is 108 Å². The highest BCUT2D eigenvalue weighted by atomic mass is 16.6. The van der Waals surface area contributed by atoms with Gasteiger partial charge in [0.2, 0.25) is 0 Å². The molecule has 0 saturated carbocycles. The summed E-state index contributed by atoms with van der Waals surface area (Å²) in [7, 11) is 0. The molecule has 0 amide bonds. The molecule has 2 aliphatic heterocycles. The molecule has 2 heterocycles. The van der Waals surface area contributed by atoms with E-state index in [4.69, 9.17) is 37.9 Å². The van der Waals surface area contributed by atoms with Gasteiger partial charge in [-0.25, -0.2) is 9.59 Å². The Morgan fingerprint density at radius 1 is 0.458 bits per heavy atom. The number of ether oxygens (including phenoxy) is 8. The minimum absolute atomic E-state index is 0.178. The van der Waals surface area contributed by atoms with Gasteiger partial charge < -0.3 is 37.9 Å². The summed E-state index contributed by atoms with van der Waals surface area (Å²) in [6.07, 6.45) is 4.20. The van der Waals surface area contributed by atoms with E-state index in [-0.39, 0.29) is 12.2 Å². The monoisotopic (exact) mass is 654 g/mol. The van der Waals surface area contributed by atoms with Crippen LogP contribution in [0.3, 0.4) is 0 Å². The van der Waals surface area contributed by atoms with Gasteiger partial charge in [-0.05, 0) is 123 Å². The summed E-state index contributed by atoms with van der Waals surface area (Å²) in [5.74, 6) is 2.83. The third-order valence-corrected chi connectivity index (χ3v) is 7.50. The lowest BCUT2D eigenvalue weighted by Gasteiger charge is -2.09. The highest BCUT2D eigenvalue weighted by Gasteiger charge is 2.24. The van der Waals surface area contributed by atoms with Crippen LogP contribution in [0.25, 0.3) is 0 Å². The van der Waals surface area contributed by atoms with E-state index in [2.05, 4.69) is 0 Å². The molecule has 2 fully saturated rings. The molecule has 10 heteroatoms. The Morgan fingerprint density at radius 3 is 1.12 bits per heavy atom. The van der Waals surface area contributed by atoms with E-state index in [1.807, 2.05) is 0 Å². The lowest BCUT2D eigenvalue weighted by molar-refractivity contribution is 0.0725. The molecule has 250 valence electrons. The Labute approximate surface area is 279 Å². The van der Waals surface area contributed by atoms with E-state index in [9.17, 15) is 9.59 Å². The lowest BCUT2D eigenvalue weighted by atomic mass is 10.2. The van der Waals surface area contributed by atoms with Crippen LogP contribution < -0.4 is 28.4 Å². The molecule has 0 spiro atoms. The van der Waals surface area contributed by atoms with E-state index in [0.717, 1.165) is 50.4 Å². The molecule has 0 aliphatic carbocycles. The minimum atomic E-state index is -0.438. The maximum Gasteiger partial charge on any atom is 0.343 e. The van der Waals surface area contributed by atoms with Crippen molar-refractivity contribution in [2.24, 2.45) is 0 Å². The molecule has 0 aromatic heterocycles. The van der Waals surface area contributed by atoms with Crippen LogP contribution in [-0.4, -0.2) is 63.8 Å². The molecule has 4 aromatic carbocycles. The third-order valence-electron chi connectivity index (χ3n) is 7.50. The van der Waals surface area contributed by atoms with Crippen molar-refractivity contribution in [3.8, 4) is 34.5 Å². The fourth-order valence-corrected chi connectivity index (χ4v) is 4.56. The first-order chi connectivity index (χ1) is 23.6. The molecule has 0 bridgehead atoms. The molecule has 4 aromatic rings. The summed E-state index contributed by atoms with van der Waals surface area (Å²) in [5, 5.41) is 0. The number of carbonyl (C=O) groups is 2. The number of hydrogen-bond acceptors (Lipinski definition) is 10. The number of epoxide rings is 2. The second kappa shape index (κ2) is 16.7. The predicted molar refractivity (Wildman–Crippen MR) is 176 cm³/mol. The van der Waals surface area contributed by atoms with E-state index < -0.39 is 11.9 Å². The lowest BCUT2D eigenvalue weighted by Crippen LogP contribution is -2.09. The molecule has 2 unspecified atom stereocenters. The van der Waals surface area contributed by atoms with Crippen molar-refractivity contribution >= 4 is 11.9 Å². The van der Waals surface area contributed by atoms with Crippen molar-refractivity contribution in [1.82, 2.24) is 0 Å². The molecule has 0 radical (unpaired) electrons. The van der Waals surface area contributed by atoms with Crippen LogP contribution >= 0.6 is 0 Å². The van der Waals surface area contributed by atoms with Crippen molar-refractivity contribution in [2.75, 3.05) is 39.6 Å². The fraction of sp³-hybridized carbons (Fsp3) is 0.316. The second-order valence-electron chi connectivity index (χ2n) is 11.4. The van der Waals surface area contributed by atoms with Crippen LogP contribution in [0.4, 0.5) is 0 Å². The van der Waals surface area contributed by atoms with E-state index >= 15 is 0 Å². The van der Waals surface area contributed by atoms with Gasteiger partial charge in [0.15, 0.2) is 0 Å². The molecule has 2 aliphatic rings. The van der Waals surface area contributed by atoms with Gasteiger partial charge >= 0.3 is 11.9 Å². The van der Waals surface area contributed by atoms with Gasteiger partial charge in [-0.2, -0.15) is 0 Å². The number of unbranched alkanes of at least 4 members (excludes halogenated alkanes) is 3. The van der Waals surface area contributed by atoms with Gasteiger partial charge in [0.1, 0.15) is 59.9 Å². The summed E-state index contributed by atoms with van der Waals surface area (Å²) in [6.45, 7) is 3.68. The first kappa shape index (κ1) is 32.9. The second-order valence-corrected chi connectivity index (χ2v) is 11.4. The molecule has 48 heavy (non-hydrogen) atoms. The number of hydrogen-bond donors (Lipinski definition) is 0. The smallest absolute Gasteiger partial charge is 0.343 e. The average Bonchev–Trinajstić information content (AvgIpc) is 4.06. The first-order valence-electron chi connectivity index (χ1n) is 16.2. The summed E-state index contributed by atoms with van der Waals surface area (Å²) in [6, 6.07) is 27.7. The summed E-state index contributed by atoms with van der Waals surface area (Å²) in [4.78, 5) is 24.9. The SMILES string of the molecule is O=C(Oc1ccc(OCCCCCCOc2ccc(OC(=O)c3ccc(OCC4CO4)cc3)cc2)cc1)c1ccc(OCC2CO2)cc1. The molecule has 10 nitrogen and oxygen atoms in total. The van der Waals surface area contributed by atoms with Crippen LogP contribution in [0.1, 0.15) is 46.4 Å². The molecule has 6 rings (SSSR count). The Balaban J connectivity index is 0.800. The summed E-state index contributed by atoms with van der Waals surface area (Å²) in [5.41, 5.74) is 0.883. The predicted octanol–water partition coefficient (Wildman–Crippen LogP) is 6.70. The van der Waals surface area contributed by atoms with Crippen molar-refractivity contribution in [3.63, 3.8) is 0 Å². The van der Waals surface area contributed by atoms with Gasteiger partial charge in [-0.1, -0.05) is 0 Å². The summed E-state index contributed by atoms with van der Waals surface area (Å²) < 4.78 is 44.1. The number of rotatable bonds is 19. The van der Waals surface area contributed by atoms with Crippen LogP contribution in [0.5, 0.6) is 34.5 Å². The van der Waals surface area contributed by atoms with Gasteiger partial charge in [0.25, 0.3) is 0 Å². The first-order valence-corrected chi connectivity index (χ1v) is 16.2. The van der Waals surface area contributed by atoms with E-state index in [1.165, 1.54) is 0 Å². The molecule has 0 N–H and O–H groups in total. The highest BCUT2D eigenvalue weighted by Crippen LogP contribution is 2.23. The van der Waals surface area contributed by atoms with Crippen molar-refractivity contribution in [1.29, 1.82) is 0 Å². The maximum absolute atomic E-state index is 12.5. The quantitative estimate of drug-likeness (QED) is 0.0468. The van der Waals surface area contributed by atoms with Gasteiger partial charge in [0.05, 0.1) is 37.6 Å². The van der Waals surface area contributed by atoms with Gasteiger partial charge in [-0.15, -0.1) is 0 Å². The van der Waals surface area contributed by atoms with Crippen LogP contribution in [-0.2, 0) is 9.47 Å². The molecule has 2 atom stereocenters. The average molecular weight is 655 g/mol. The maximum atomic E-state index is 12.5. The largest absolute Gasteiger partial charge is 0.494 e. The van der Waals surface area contributed by atoms with Crippen LogP contribution in [0.15, 0.2) is 97.1 Å². The third kappa shape index (κ3) is 10.8. The van der Waals surface area contributed by atoms with Crippen LogP contribution in [0, 0.1) is 0 Å². The topological polar surface area (TPSA) is 115 Å². The van der Waals surface area contributed by atoms with E-state index in [1.54, 1.807) is 97.1 Å². The Kier molecular flexibility index (Phi) is 11.4. The highest BCUT2D eigenvalue weighted by molar-refractivity contribution is 5.91. The van der Waals surface area contributed by atoms with Crippen molar-refractivity contribution in [2.45, 2.75) is 37.9 Å². The van der Waals surface area contributed by atoms with Crippen molar-refractivity contribution < 1.29 is 47.5 Å². The molecule has 2 saturated heterocycles. The zero-order valence-corrected chi connectivity index (χ0v) is 26.5. The zero-order valence-electron chi connectivity index (χ0n) is 26.5. The van der Waals surface area contributed by atoms with Gasteiger partial charge in [-0.3, -0.25) is 0 Å². The Morgan fingerprint density at radius 2 is 0.771 bits per heavy atom. The van der Waals surface area contributed by atoms with Gasteiger partial charge in [0, 0.05) is 0 Å². The zero-order chi connectivity index (χ0) is 33.0. The molecular formula is C38H38O10. The normalized spacial score (nSPS) is 16.0.